The number of thiazole rings is 1. The first-order valence-electron chi connectivity index (χ1n) is 5.56. The molecule has 0 spiro atoms. The van der Waals surface area contributed by atoms with E-state index in [1.165, 1.54) is 19.3 Å². The van der Waals surface area contributed by atoms with Crippen molar-refractivity contribution in [3.63, 3.8) is 0 Å². The molecule has 15 heavy (non-hydrogen) atoms. The number of nitrogens with two attached hydrogens (primary N) is 1. The summed E-state index contributed by atoms with van der Waals surface area (Å²) in [6.45, 7) is 4.78. The molecule has 2 rings (SSSR count). The minimum atomic E-state index is 0.394. The Hall–Kier alpha value is -0.450. The molecule has 1 aromatic rings. The Morgan fingerprint density at radius 2 is 2.40 bits per heavy atom. The maximum Gasteiger partial charge on any atom is 0.0897 e. The van der Waals surface area contributed by atoms with Gasteiger partial charge in [0.1, 0.15) is 0 Å². The van der Waals surface area contributed by atoms with Crippen molar-refractivity contribution < 1.29 is 0 Å². The van der Waals surface area contributed by atoms with Crippen molar-refractivity contribution in [3.8, 4) is 0 Å². The lowest BCUT2D eigenvalue weighted by atomic mass is 9.69. The summed E-state index contributed by atoms with van der Waals surface area (Å²) >= 11 is 1.71. The van der Waals surface area contributed by atoms with E-state index >= 15 is 0 Å². The van der Waals surface area contributed by atoms with Crippen LogP contribution in [0.15, 0.2) is 5.38 Å². The van der Waals surface area contributed by atoms with Crippen LogP contribution in [0.1, 0.15) is 30.0 Å². The third-order valence-corrected chi connectivity index (χ3v) is 4.14. The lowest BCUT2D eigenvalue weighted by Gasteiger charge is -2.41. The molecule has 1 heterocycles. The van der Waals surface area contributed by atoms with Crippen LogP contribution in [0.2, 0.25) is 0 Å². The molecule has 1 aromatic heterocycles. The van der Waals surface area contributed by atoms with Gasteiger partial charge >= 0.3 is 0 Å². The Morgan fingerprint density at radius 1 is 1.60 bits per heavy atom. The Balaban J connectivity index is 1.74. The number of hydrogen-bond acceptors (Lipinski definition) is 4. The van der Waals surface area contributed by atoms with Gasteiger partial charge in [0.2, 0.25) is 0 Å². The molecule has 0 aliphatic heterocycles. The van der Waals surface area contributed by atoms with Crippen molar-refractivity contribution in [1.82, 2.24) is 10.3 Å². The Labute approximate surface area is 95.1 Å². The molecule has 1 saturated carbocycles. The smallest absolute Gasteiger partial charge is 0.0897 e. The van der Waals surface area contributed by atoms with Crippen LogP contribution in [-0.4, -0.2) is 18.1 Å². The first kappa shape index (κ1) is 11.0. The second-order valence-corrected chi connectivity index (χ2v) is 5.58. The fourth-order valence-electron chi connectivity index (χ4n) is 2.08. The molecule has 0 unspecified atom stereocenters. The topological polar surface area (TPSA) is 50.9 Å². The van der Waals surface area contributed by atoms with Crippen LogP contribution in [0.3, 0.4) is 0 Å². The summed E-state index contributed by atoms with van der Waals surface area (Å²) < 4.78 is 0. The van der Waals surface area contributed by atoms with E-state index in [0.29, 0.717) is 5.41 Å². The number of aryl methyl sites for hydroxylation is 1. The number of nitrogens with zero attached hydrogens (tertiary/aromatic N) is 1. The highest BCUT2D eigenvalue weighted by atomic mass is 32.1. The monoisotopic (exact) mass is 225 g/mol. The minimum Gasteiger partial charge on any atom is -0.330 e. The highest BCUT2D eigenvalue weighted by Gasteiger charge is 2.34. The zero-order valence-corrected chi connectivity index (χ0v) is 10.1. The lowest BCUT2D eigenvalue weighted by molar-refractivity contribution is 0.140. The maximum absolute atomic E-state index is 5.80. The molecule has 3 nitrogen and oxygen atoms in total. The zero-order valence-electron chi connectivity index (χ0n) is 9.25. The Kier molecular flexibility index (Phi) is 3.38. The van der Waals surface area contributed by atoms with Gasteiger partial charge in [-0.1, -0.05) is 6.42 Å². The number of aromatic nitrogens is 1. The number of rotatable bonds is 5. The molecule has 0 atom stereocenters. The fourth-order valence-corrected chi connectivity index (χ4v) is 2.69. The number of hydrogen-bond donors (Lipinski definition) is 2. The number of nitrogens with one attached hydrogen (secondary N) is 1. The van der Waals surface area contributed by atoms with Gasteiger partial charge in [-0.25, -0.2) is 4.98 Å². The first-order valence-corrected chi connectivity index (χ1v) is 6.44. The van der Waals surface area contributed by atoms with E-state index in [2.05, 4.69) is 15.7 Å². The van der Waals surface area contributed by atoms with E-state index < -0.39 is 0 Å². The van der Waals surface area contributed by atoms with E-state index in [1.807, 2.05) is 6.92 Å². The minimum absolute atomic E-state index is 0.394. The predicted molar refractivity (Wildman–Crippen MR) is 63.9 cm³/mol. The summed E-state index contributed by atoms with van der Waals surface area (Å²) in [6, 6.07) is 0. The van der Waals surface area contributed by atoms with Crippen LogP contribution in [0, 0.1) is 12.3 Å². The highest BCUT2D eigenvalue weighted by Crippen LogP contribution is 2.39. The van der Waals surface area contributed by atoms with Crippen LogP contribution in [0.4, 0.5) is 0 Å². The molecule has 0 saturated heterocycles. The van der Waals surface area contributed by atoms with Gasteiger partial charge in [0.15, 0.2) is 0 Å². The third kappa shape index (κ3) is 2.56. The molecule has 0 radical (unpaired) electrons. The second kappa shape index (κ2) is 4.60. The average molecular weight is 225 g/mol. The van der Waals surface area contributed by atoms with Crippen molar-refractivity contribution in [2.24, 2.45) is 11.1 Å². The standard InChI is InChI=1S/C11H19N3S/c1-9-14-10(6-15-9)5-13-8-11(7-12)3-2-4-11/h6,13H,2-5,7-8,12H2,1H3. The SMILES string of the molecule is Cc1nc(CNCC2(CN)CCC2)cs1. The summed E-state index contributed by atoms with van der Waals surface area (Å²) in [5.74, 6) is 0. The molecule has 3 N–H and O–H groups in total. The second-order valence-electron chi connectivity index (χ2n) is 4.52. The van der Waals surface area contributed by atoms with E-state index in [9.17, 15) is 0 Å². The zero-order chi connectivity index (χ0) is 10.7. The molecule has 0 bridgehead atoms. The largest absolute Gasteiger partial charge is 0.330 e. The summed E-state index contributed by atoms with van der Waals surface area (Å²) in [5.41, 5.74) is 7.35. The normalized spacial score (nSPS) is 18.8. The molecule has 84 valence electrons. The molecular weight excluding hydrogens is 206 g/mol. The van der Waals surface area contributed by atoms with Crippen LogP contribution < -0.4 is 11.1 Å². The van der Waals surface area contributed by atoms with Gasteiger partial charge in [-0.15, -0.1) is 11.3 Å². The van der Waals surface area contributed by atoms with Crippen LogP contribution in [0.5, 0.6) is 0 Å². The van der Waals surface area contributed by atoms with Gasteiger partial charge in [-0.05, 0) is 31.7 Å². The molecule has 0 aromatic carbocycles. The van der Waals surface area contributed by atoms with Crippen molar-refractivity contribution in [3.05, 3.63) is 16.1 Å². The van der Waals surface area contributed by atoms with E-state index in [0.717, 1.165) is 30.3 Å². The van der Waals surface area contributed by atoms with Crippen LogP contribution in [0.25, 0.3) is 0 Å². The Bertz CT molecular complexity index is 312. The first-order chi connectivity index (χ1) is 7.24. The molecule has 4 heteroatoms. The quantitative estimate of drug-likeness (QED) is 0.801. The lowest BCUT2D eigenvalue weighted by Crippen LogP contribution is -2.45. The molecular formula is C11H19N3S. The summed E-state index contributed by atoms with van der Waals surface area (Å²) in [4.78, 5) is 4.42. The maximum atomic E-state index is 5.80. The molecule has 0 amide bonds. The van der Waals surface area contributed by atoms with Gasteiger partial charge < -0.3 is 11.1 Å². The van der Waals surface area contributed by atoms with Gasteiger partial charge in [-0.3, -0.25) is 0 Å². The third-order valence-electron chi connectivity index (χ3n) is 3.32. The fraction of sp³-hybridized carbons (Fsp3) is 0.727. The summed E-state index contributed by atoms with van der Waals surface area (Å²) in [7, 11) is 0. The van der Waals surface area contributed by atoms with E-state index in [1.54, 1.807) is 11.3 Å². The van der Waals surface area contributed by atoms with Crippen LogP contribution >= 0.6 is 11.3 Å². The highest BCUT2D eigenvalue weighted by molar-refractivity contribution is 7.09. The predicted octanol–water partition coefficient (Wildman–Crippen LogP) is 1.67. The molecule has 1 fully saturated rings. The van der Waals surface area contributed by atoms with Crippen molar-refractivity contribution >= 4 is 11.3 Å². The van der Waals surface area contributed by atoms with Crippen molar-refractivity contribution in [2.45, 2.75) is 32.7 Å². The average Bonchev–Trinajstić information content (AvgIpc) is 2.56. The van der Waals surface area contributed by atoms with Gasteiger partial charge in [0, 0.05) is 18.5 Å². The summed E-state index contributed by atoms with van der Waals surface area (Å²) in [5, 5.41) is 6.74. The molecule has 1 aliphatic rings. The van der Waals surface area contributed by atoms with Crippen molar-refractivity contribution in [2.75, 3.05) is 13.1 Å². The van der Waals surface area contributed by atoms with Gasteiger partial charge in [0.05, 0.1) is 10.7 Å². The summed E-state index contributed by atoms with van der Waals surface area (Å²) in [6.07, 6.45) is 3.91. The van der Waals surface area contributed by atoms with Crippen molar-refractivity contribution in [1.29, 1.82) is 0 Å². The Morgan fingerprint density at radius 3 is 2.87 bits per heavy atom. The van der Waals surface area contributed by atoms with Gasteiger partial charge in [0.25, 0.3) is 0 Å². The van der Waals surface area contributed by atoms with E-state index in [-0.39, 0.29) is 0 Å². The van der Waals surface area contributed by atoms with Crippen LogP contribution in [-0.2, 0) is 6.54 Å². The van der Waals surface area contributed by atoms with Gasteiger partial charge in [-0.2, -0.15) is 0 Å². The molecule has 1 aliphatic carbocycles. The van der Waals surface area contributed by atoms with E-state index in [4.69, 9.17) is 5.73 Å².